The quantitative estimate of drug-likeness (QED) is 0.710. The molecule has 20 heavy (non-hydrogen) atoms. The normalized spacial score (nSPS) is 20.4. The Balaban J connectivity index is 1.99. The van der Waals surface area contributed by atoms with Crippen LogP contribution in [0.15, 0.2) is 24.8 Å². The van der Waals surface area contributed by atoms with Gasteiger partial charge in [-0.2, -0.15) is 0 Å². The Bertz CT molecular complexity index is 753. The molecule has 2 aromatic rings. The molecular formula is C13H10FN5O. The van der Waals surface area contributed by atoms with Crippen molar-refractivity contribution in [2.45, 2.75) is 12.6 Å². The lowest BCUT2D eigenvalue weighted by Gasteiger charge is -2.40. The Morgan fingerprint density at radius 1 is 1.35 bits per heavy atom. The van der Waals surface area contributed by atoms with Crippen molar-refractivity contribution in [1.29, 1.82) is 0 Å². The average Bonchev–Trinajstić information content (AvgIpc) is 2.86. The molecule has 0 saturated heterocycles. The van der Waals surface area contributed by atoms with Crippen molar-refractivity contribution < 1.29 is 9.18 Å². The van der Waals surface area contributed by atoms with Crippen molar-refractivity contribution in [2.24, 2.45) is 0 Å². The summed E-state index contributed by atoms with van der Waals surface area (Å²) in [6, 6.07) is 4.07. The van der Waals surface area contributed by atoms with Gasteiger partial charge in [-0.1, -0.05) is 12.6 Å². The third-order valence-corrected chi connectivity index (χ3v) is 3.77. The monoisotopic (exact) mass is 271 g/mol. The largest absolute Gasteiger partial charge is 0.322 e. The number of benzene rings is 1. The van der Waals surface area contributed by atoms with Gasteiger partial charge in [0.1, 0.15) is 18.4 Å². The van der Waals surface area contributed by atoms with Crippen molar-refractivity contribution in [3.63, 3.8) is 0 Å². The van der Waals surface area contributed by atoms with Crippen molar-refractivity contribution in [2.75, 3.05) is 6.54 Å². The maximum atomic E-state index is 13.6. The minimum Gasteiger partial charge on any atom is -0.322 e. The van der Waals surface area contributed by atoms with Crippen molar-refractivity contribution >= 4 is 11.5 Å². The van der Waals surface area contributed by atoms with Crippen LogP contribution in [0.2, 0.25) is 0 Å². The van der Waals surface area contributed by atoms with Crippen LogP contribution in [-0.2, 0) is 11.3 Å². The molecule has 0 aliphatic carbocycles. The number of halogens is 1. The third-order valence-electron chi connectivity index (χ3n) is 3.77. The minimum absolute atomic E-state index is 0.0918. The Hall–Kier alpha value is -2.57. The molecule has 0 saturated carbocycles. The molecule has 0 bridgehead atoms. The molecule has 0 N–H and O–H groups in total. The fraction of sp³-hybridized carbons (Fsp3) is 0.231. The molecule has 2 aliphatic heterocycles. The molecule has 1 unspecified atom stereocenters. The molecule has 4 rings (SSSR count). The molecule has 1 atom stereocenters. The van der Waals surface area contributed by atoms with Crippen LogP contribution < -0.4 is 0 Å². The predicted molar refractivity (Wildman–Crippen MR) is 66.8 cm³/mol. The van der Waals surface area contributed by atoms with Gasteiger partial charge in [0, 0.05) is 6.54 Å². The summed E-state index contributed by atoms with van der Waals surface area (Å²) in [5.41, 5.74) is 2.34. The Labute approximate surface area is 113 Å². The molecule has 3 heterocycles. The van der Waals surface area contributed by atoms with Gasteiger partial charge >= 0.3 is 0 Å². The van der Waals surface area contributed by atoms with E-state index in [-0.39, 0.29) is 18.3 Å². The zero-order valence-electron chi connectivity index (χ0n) is 10.5. The number of carbonyl (C=O) groups excluding carboxylic acids is 1. The van der Waals surface area contributed by atoms with Crippen molar-refractivity contribution in [3.05, 3.63) is 47.5 Å². The average molecular weight is 271 g/mol. The summed E-state index contributed by atoms with van der Waals surface area (Å²) in [5.74, 6) is 0.116. The lowest BCUT2D eigenvalue weighted by Crippen LogP contribution is -2.46. The second-order valence-electron chi connectivity index (χ2n) is 4.95. The van der Waals surface area contributed by atoms with Crippen LogP contribution in [0.25, 0.3) is 5.57 Å². The lowest BCUT2D eigenvalue weighted by atomic mass is 9.88. The Morgan fingerprint density at radius 3 is 3.05 bits per heavy atom. The molecule has 100 valence electrons. The molecule has 1 amide bonds. The Morgan fingerprint density at radius 2 is 2.20 bits per heavy atom. The number of hydrogen-bond donors (Lipinski definition) is 0. The van der Waals surface area contributed by atoms with Crippen LogP contribution in [-0.4, -0.2) is 37.6 Å². The summed E-state index contributed by atoms with van der Waals surface area (Å²) >= 11 is 0. The number of carbonyl (C=O) groups is 1. The number of tetrazole rings is 1. The molecule has 0 fully saturated rings. The van der Waals surface area contributed by atoms with Gasteiger partial charge in [0.2, 0.25) is 5.91 Å². The molecule has 0 spiro atoms. The smallest absolute Gasteiger partial charge is 0.245 e. The van der Waals surface area contributed by atoms with Gasteiger partial charge in [-0.25, -0.2) is 9.07 Å². The molecule has 1 aromatic heterocycles. The van der Waals surface area contributed by atoms with Crippen LogP contribution >= 0.6 is 0 Å². The summed E-state index contributed by atoms with van der Waals surface area (Å²) in [4.78, 5) is 13.9. The van der Waals surface area contributed by atoms with E-state index in [4.69, 9.17) is 0 Å². The van der Waals surface area contributed by atoms with Crippen LogP contribution in [0.3, 0.4) is 0 Å². The second-order valence-corrected chi connectivity index (χ2v) is 4.95. The minimum atomic E-state index is -0.442. The maximum Gasteiger partial charge on any atom is 0.245 e. The summed E-state index contributed by atoms with van der Waals surface area (Å²) < 4.78 is 15.1. The Kier molecular flexibility index (Phi) is 2.10. The number of hydrogen-bond acceptors (Lipinski definition) is 4. The van der Waals surface area contributed by atoms with E-state index in [1.165, 1.54) is 16.8 Å². The van der Waals surface area contributed by atoms with E-state index in [1.54, 1.807) is 11.0 Å². The van der Waals surface area contributed by atoms with Crippen LogP contribution in [0.4, 0.5) is 4.39 Å². The van der Waals surface area contributed by atoms with Crippen LogP contribution in [0.5, 0.6) is 0 Å². The predicted octanol–water partition coefficient (Wildman–Crippen LogP) is 0.771. The van der Waals surface area contributed by atoms with Crippen molar-refractivity contribution in [1.82, 2.24) is 25.1 Å². The van der Waals surface area contributed by atoms with Gasteiger partial charge in [0.25, 0.3) is 0 Å². The van der Waals surface area contributed by atoms with Crippen LogP contribution in [0.1, 0.15) is 23.0 Å². The molecular weight excluding hydrogens is 261 g/mol. The summed E-state index contributed by atoms with van der Waals surface area (Å²) in [5, 5.41) is 11.4. The fourth-order valence-electron chi connectivity index (χ4n) is 2.88. The van der Waals surface area contributed by atoms with Gasteiger partial charge in [0.05, 0.1) is 0 Å². The van der Waals surface area contributed by atoms with E-state index < -0.39 is 6.04 Å². The van der Waals surface area contributed by atoms with E-state index in [2.05, 4.69) is 22.1 Å². The van der Waals surface area contributed by atoms with E-state index in [9.17, 15) is 9.18 Å². The van der Waals surface area contributed by atoms with E-state index in [0.29, 0.717) is 17.9 Å². The molecule has 2 aliphatic rings. The molecule has 6 nitrogen and oxygen atoms in total. The summed E-state index contributed by atoms with van der Waals surface area (Å²) in [7, 11) is 0. The van der Waals surface area contributed by atoms with E-state index in [1.807, 2.05) is 0 Å². The van der Waals surface area contributed by atoms with Gasteiger partial charge < -0.3 is 4.90 Å². The van der Waals surface area contributed by atoms with Crippen LogP contribution in [0, 0.1) is 5.82 Å². The first kappa shape index (κ1) is 11.3. The highest BCUT2D eigenvalue weighted by atomic mass is 19.1. The molecule has 7 heteroatoms. The highest BCUT2D eigenvalue weighted by Gasteiger charge is 2.40. The van der Waals surface area contributed by atoms with Gasteiger partial charge in [-0.05, 0) is 39.3 Å². The maximum absolute atomic E-state index is 13.6. The van der Waals surface area contributed by atoms with Gasteiger partial charge in [0.15, 0.2) is 5.82 Å². The number of aromatic nitrogens is 4. The van der Waals surface area contributed by atoms with Crippen molar-refractivity contribution in [3.8, 4) is 0 Å². The highest BCUT2D eigenvalue weighted by molar-refractivity contribution is 5.83. The summed E-state index contributed by atoms with van der Waals surface area (Å²) in [6.45, 7) is 4.50. The number of amides is 1. The zero-order valence-corrected chi connectivity index (χ0v) is 10.5. The molecule has 0 radical (unpaired) electrons. The SMILES string of the molecule is C=C1CN2C(=O)Cn3nnnc3C2c2cc(F)ccc21. The number of fused-ring (bicyclic) bond motifs is 5. The molecule has 1 aromatic carbocycles. The standard InChI is InChI=1S/C13H10FN5O/c1-7-5-18-11(20)6-19-13(15-16-17-19)12(18)10-4-8(14)2-3-9(7)10/h2-4,12H,1,5-6H2. The number of nitrogens with zero attached hydrogens (tertiary/aromatic N) is 5. The highest BCUT2D eigenvalue weighted by Crippen LogP contribution is 2.40. The summed E-state index contributed by atoms with van der Waals surface area (Å²) in [6.07, 6.45) is 0. The van der Waals surface area contributed by atoms with Gasteiger partial charge in [-0.15, -0.1) is 5.10 Å². The second kappa shape index (κ2) is 3.72. The third kappa shape index (κ3) is 1.37. The van der Waals surface area contributed by atoms with E-state index in [0.717, 1.165) is 11.1 Å². The van der Waals surface area contributed by atoms with E-state index >= 15 is 0 Å². The fourth-order valence-corrected chi connectivity index (χ4v) is 2.88. The first-order chi connectivity index (χ1) is 9.65. The zero-order chi connectivity index (χ0) is 13.9. The first-order valence-corrected chi connectivity index (χ1v) is 6.18. The first-order valence-electron chi connectivity index (χ1n) is 6.18. The van der Waals surface area contributed by atoms with Gasteiger partial charge in [-0.3, -0.25) is 4.79 Å². The lowest BCUT2D eigenvalue weighted by molar-refractivity contribution is -0.135. The number of rotatable bonds is 0. The topological polar surface area (TPSA) is 63.9 Å².